The lowest BCUT2D eigenvalue weighted by Crippen LogP contribution is -2.19. The molecule has 2 aromatic rings. The second kappa shape index (κ2) is 5.97. The first-order chi connectivity index (χ1) is 9.81. The highest BCUT2D eigenvalue weighted by Crippen LogP contribution is 2.26. The van der Waals surface area contributed by atoms with Crippen molar-refractivity contribution in [2.75, 3.05) is 17.7 Å². The SMILES string of the molecule is CNc1nc(C(C)(C)C)nc(NCc2nc(C)cs2)c1C. The number of anilines is 2. The lowest BCUT2D eigenvalue weighted by Gasteiger charge is -2.20. The summed E-state index contributed by atoms with van der Waals surface area (Å²) >= 11 is 1.66. The second-order valence-corrected chi connectivity index (χ2v) is 7.05. The predicted molar refractivity (Wildman–Crippen MR) is 89.2 cm³/mol. The molecule has 0 saturated carbocycles. The van der Waals surface area contributed by atoms with Crippen LogP contribution in [0, 0.1) is 13.8 Å². The van der Waals surface area contributed by atoms with Gasteiger partial charge in [0.2, 0.25) is 0 Å². The topological polar surface area (TPSA) is 62.7 Å². The molecule has 0 aromatic carbocycles. The quantitative estimate of drug-likeness (QED) is 0.905. The third-order valence-corrected chi connectivity index (χ3v) is 4.09. The molecule has 2 heterocycles. The summed E-state index contributed by atoms with van der Waals surface area (Å²) in [5, 5.41) is 9.66. The maximum atomic E-state index is 4.69. The van der Waals surface area contributed by atoms with Crippen LogP contribution in [0.5, 0.6) is 0 Å². The van der Waals surface area contributed by atoms with Gasteiger partial charge in [-0.05, 0) is 13.8 Å². The zero-order chi connectivity index (χ0) is 15.6. The molecule has 6 heteroatoms. The lowest BCUT2D eigenvalue weighted by atomic mass is 9.95. The standard InChI is InChI=1S/C15H23N5S/c1-9-8-21-11(18-9)7-17-13-10(2)12(16-6)19-14(20-13)15(3,4)5/h8H,7H2,1-6H3,(H2,16,17,19,20). The van der Waals surface area contributed by atoms with Crippen LogP contribution in [0.4, 0.5) is 11.6 Å². The van der Waals surface area contributed by atoms with Gasteiger partial charge in [0.1, 0.15) is 22.5 Å². The summed E-state index contributed by atoms with van der Waals surface area (Å²) in [6, 6.07) is 0. The van der Waals surface area contributed by atoms with E-state index in [1.165, 1.54) is 0 Å². The van der Waals surface area contributed by atoms with Crippen LogP contribution < -0.4 is 10.6 Å². The average Bonchev–Trinajstić information content (AvgIpc) is 2.82. The molecule has 0 saturated heterocycles. The summed E-state index contributed by atoms with van der Waals surface area (Å²) in [6.45, 7) is 11.1. The van der Waals surface area contributed by atoms with Crippen molar-refractivity contribution < 1.29 is 0 Å². The highest BCUT2D eigenvalue weighted by Gasteiger charge is 2.20. The Hall–Kier alpha value is -1.69. The van der Waals surface area contributed by atoms with Crippen molar-refractivity contribution >= 4 is 23.0 Å². The first kappa shape index (κ1) is 15.7. The predicted octanol–water partition coefficient (Wildman–Crippen LogP) is 3.50. The number of hydrogen-bond donors (Lipinski definition) is 2. The van der Waals surface area contributed by atoms with Gasteiger partial charge in [0.25, 0.3) is 0 Å². The second-order valence-electron chi connectivity index (χ2n) is 6.11. The lowest BCUT2D eigenvalue weighted by molar-refractivity contribution is 0.546. The van der Waals surface area contributed by atoms with Crippen molar-refractivity contribution in [1.82, 2.24) is 15.0 Å². The summed E-state index contributed by atoms with van der Waals surface area (Å²) < 4.78 is 0. The fourth-order valence-corrected chi connectivity index (χ4v) is 2.62. The van der Waals surface area contributed by atoms with E-state index in [2.05, 4.69) is 51.7 Å². The number of aryl methyl sites for hydroxylation is 1. The van der Waals surface area contributed by atoms with Crippen molar-refractivity contribution in [3.8, 4) is 0 Å². The summed E-state index contributed by atoms with van der Waals surface area (Å²) in [5.74, 6) is 2.56. The van der Waals surface area contributed by atoms with E-state index in [1.54, 1.807) is 11.3 Å². The van der Waals surface area contributed by atoms with Gasteiger partial charge in [-0.1, -0.05) is 20.8 Å². The molecule has 0 aliphatic heterocycles. The number of nitrogens with zero attached hydrogens (tertiary/aromatic N) is 3. The van der Waals surface area contributed by atoms with E-state index >= 15 is 0 Å². The summed E-state index contributed by atoms with van der Waals surface area (Å²) in [5.41, 5.74) is 1.99. The van der Waals surface area contributed by atoms with Crippen LogP contribution >= 0.6 is 11.3 Å². The highest BCUT2D eigenvalue weighted by atomic mass is 32.1. The van der Waals surface area contributed by atoms with Crippen LogP contribution in [0.1, 0.15) is 42.9 Å². The molecule has 0 amide bonds. The monoisotopic (exact) mass is 305 g/mol. The Kier molecular flexibility index (Phi) is 4.46. The smallest absolute Gasteiger partial charge is 0.138 e. The number of nitrogens with one attached hydrogen (secondary N) is 2. The van der Waals surface area contributed by atoms with E-state index < -0.39 is 0 Å². The van der Waals surface area contributed by atoms with Gasteiger partial charge >= 0.3 is 0 Å². The zero-order valence-electron chi connectivity index (χ0n) is 13.5. The molecule has 21 heavy (non-hydrogen) atoms. The van der Waals surface area contributed by atoms with E-state index in [1.807, 2.05) is 20.9 Å². The molecule has 0 aliphatic rings. The van der Waals surface area contributed by atoms with Gasteiger partial charge < -0.3 is 10.6 Å². The third kappa shape index (κ3) is 3.69. The van der Waals surface area contributed by atoms with Crippen molar-refractivity contribution in [1.29, 1.82) is 0 Å². The molecule has 0 atom stereocenters. The molecule has 5 nitrogen and oxygen atoms in total. The number of hydrogen-bond acceptors (Lipinski definition) is 6. The molecule has 2 aromatic heterocycles. The van der Waals surface area contributed by atoms with E-state index in [4.69, 9.17) is 0 Å². The first-order valence-corrected chi connectivity index (χ1v) is 7.91. The Morgan fingerprint density at radius 3 is 2.29 bits per heavy atom. The van der Waals surface area contributed by atoms with Gasteiger partial charge in [-0.3, -0.25) is 0 Å². The molecule has 0 radical (unpaired) electrons. The Labute approximate surface area is 130 Å². The van der Waals surface area contributed by atoms with Crippen LogP contribution in [0.15, 0.2) is 5.38 Å². The van der Waals surface area contributed by atoms with Crippen LogP contribution in [-0.2, 0) is 12.0 Å². The van der Waals surface area contributed by atoms with Crippen LogP contribution in [0.25, 0.3) is 0 Å². The molecule has 2 rings (SSSR count). The minimum atomic E-state index is -0.0898. The first-order valence-electron chi connectivity index (χ1n) is 7.03. The van der Waals surface area contributed by atoms with E-state index in [-0.39, 0.29) is 5.41 Å². The molecule has 0 fully saturated rings. The average molecular weight is 305 g/mol. The van der Waals surface area contributed by atoms with E-state index in [0.717, 1.165) is 33.7 Å². The van der Waals surface area contributed by atoms with Crippen molar-refractivity contribution in [3.63, 3.8) is 0 Å². The molecule has 0 aliphatic carbocycles. The van der Waals surface area contributed by atoms with Crippen molar-refractivity contribution in [2.24, 2.45) is 0 Å². The molecular formula is C15H23N5S. The van der Waals surface area contributed by atoms with Crippen LogP contribution in [0.2, 0.25) is 0 Å². The Morgan fingerprint density at radius 2 is 1.76 bits per heavy atom. The van der Waals surface area contributed by atoms with Gasteiger partial charge in [-0.25, -0.2) is 15.0 Å². The van der Waals surface area contributed by atoms with Crippen molar-refractivity contribution in [2.45, 2.75) is 46.6 Å². The summed E-state index contributed by atoms with van der Waals surface area (Å²) in [4.78, 5) is 13.8. The molecule has 114 valence electrons. The molecular weight excluding hydrogens is 282 g/mol. The minimum Gasteiger partial charge on any atom is -0.373 e. The zero-order valence-corrected chi connectivity index (χ0v) is 14.4. The molecule has 0 bridgehead atoms. The Morgan fingerprint density at radius 1 is 1.10 bits per heavy atom. The summed E-state index contributed by atoms with van der Waals surface area (Å²) in [6.07, 6.45) is 0. The van der Waals surface area contributed by atoms with Gasteiger partial charge in [0, 0.05) is 29.1 Å². The largest absolute Gasteiger partial charge is 0.373 e. The molecule has 2 N–H and O–H groups in total. The number of thiazole rings is 1. The number of aromatic nitrogens is 3. The van der Waals surface area contributed by atoms with Gasteiger partial charge in [0.15, 0.2) is 0 Å². The van der Waals surface area contributed by atoms with E-state index in [9.17, 15) is 0 Å². The minimum absolute atomic E-state index is 0.0898. The van der Waals surface area contributed by atoms with Gasteiger partial charge in [-0.2, -0.15) is 0 Å². The normalized spacial score (nSPS) is 11.5. The molecule has 0 spiro atoms. The fourth-order valence-electron chi connectivity index (χ4n) is 1.91. The van der Waals surface area contributed by atoms with E-state index in [0.29, 0.717) is 6.54 Å². The maximum absolute atomic E-state index is 4.69. The fraction of sp³-hybridized carbons (Fsp3) is 0.533. The third-order valence-electron chi connectivity index (χ3n) is 3.13. The van der Waals surface area contributed by atoms with Crippen LogP contribution in [-0.4, -0.2) is 22.0 Å². The Bertz CT molecular complexity index is 627. The van der Waals surface area contributed by atoms with Gasteiger partial charge in [-0.15, -0.1) is 11.3 Å². The number of rotatable bonds is 4. The highest BCUT2D eigenvalue weighted by molar-refractivity contribution is 7.09. The van der Waals surface area contributed by atoms with Crippen LogP contribution in [0.3, 0.4) is 0 Å². The van der Waals surface area contributed by atoms with Gasteiger partial charge in [0.05, 0.1) is 6.54 Å². The summed E-state index contributed by atoms with van der Waals surface area (Å²) in [7, 11) is 1.88. The van der Waals surface area contributed by atoms with Crippen molar-refractivity contribution in [3.05, 3.63) is 27.5 Å². The molecule has 0 unspecified atom stereocenters. The Balaban J connectivity index is 2.28. The maximum Gasteiger partial charge on any atom is 0.138 e.